The molecule has 0 spiro atoms. The Hall–Kier alpha value is -3.61. The number of carbonyl (C=O) groups is 2. The van der Waals surface area contributed by atoms with Crippen molar-refractivity contribution in [2.45, 2.75) is 0 Å². The van der Waals surface area contributed by atoms with Gasteiger partial charge in [-0.3, -0.25) is 4.79 Å². The predicted octanol–water partition coefficient (Wildman–Crippen LogP) is 5.14. The minimum atomic E-state index is -0.484. The maximum Gasteiger partial charge on any atom is 0.336 e. The molecular weight excluding hydrogens is 451 g/mol. The predicted molar refractivity (Wildman–Crippen MR) is 125 cm³/mol. The molecular formula is C24H18Cl2N2O4. The molecule has 0 aliphatic heterocycles. The van der Waals surface area contributed by atoms with Gasteiger partial charge in [0, 0.05) is 6.08 Å². The normalized spacial score (nSPS) is 10.9. The molecule has 3 aromatic rings. The average Bonchev–Trinajstić information content (AvgIpc) is 2.80. The number of esters is 1. The van der Waals surface area contributed by atoms with Gasteiger partial charge in [-0.05, 0) is 53.6 Å². The lowest BCUT2D eigenvalue weighted by Crippen LogP contribution is -2.24. The molecule has 0 aliphatic carbocycles. The third-order valence-corrected chi connectivity index (χ3v) is 4.79. The van der Waals surface area contributed by atoms with Crippen LogP contribution in [0.2, 0.25) is 10.0 Å². The second kappa shape index (κ2) is 11.7. The minimum Gasteiger partial charge on any atom is -0.482 e. The van der Waals surface area contributed by atoms with Crippen molar-refractivity contribution >= 4 is 47.4 Å². The fourth-order valence-electron chi connectivity index (χ4n) is 2.45. The molecule has 32 heavy (non-hydrogen) atoms. The molecule has 0 aliphatic rings. The number of hydrazone groups is 1. The van der Waals surface area contributed by atoms with Gasteiger partial charge in [0.1, 0.15) is 16.5 Å². The average molecular weight is 469 g/mol. The molecule has 1 N–H and O–H groups in total. The highest BCUT2D eigenvalue weighted by Crippen LogP contribution is 2.31. The Bertz CT molecular complexity index is 1130. The van der Waals surface area contributed by atoms with Crippen molar-refractivity contribution in [3.05, 3.63) is 100 Å². The Kier molecular flexibility index (Phi) is 8.43. The highest BCUT2D eigenvalue weighted by molar-refractivity contribution is 6.42. The van der Waals surface area contributed by atoms with E-state index in [2.05, 4.69) is 10.5 Å². The third-order valence-electron chi connectivity index (χ3n) is 3.99. The number of amides is 1. The molecule has 0 saturated carbocycles. The van der Waals surface area contributed by atoms with Crippen LogP contribution in [0.3, 0.4) is 0 Å². The number of ether oxygens (including phenoxy) is 2. The summed E-state index contributed by atoms with van der Waals surface area (Å²) in [6, 6.07) is 21.0. The summed E-state index contributed by atoms with van der Waals surface area (Å²) in [4.78, 5) is 23.8. The number of benzene rings is 3. The van der Waals surface area contributed by atoms with Gasteiger partial charge in [-0.1, -0.05) is 59.6 Å². The molecule has 6 nitrogen and oxygen atoms in total. The molecule has 0 saturated heterocycles. The lowest BCUT2D eigenvalue weighted by molar-refractivity contribution is -0.129. The van der Waals surface area contributed by atoms with E-state index in [4.69, 9.17) is 32.7 Å². The molecule has 1 amide bonds. The number of hydrogen-bond acceptors (Lipinski definition) is 5. The van der Waals surface area contributed by atoms with Crippen molar-refractivity contribution < 1.29 is 19.1 Å². The number of nitrogens with zero attached hydrogens (tertiary/aromatic N) is 1. The van der Waals surface area contributed by atoms with Crippen molar-refractivity contribution in [3.8, 4) is 11.5 Å². The summed E-state index contributed by atoms with van der Waals surface area (Å²) >= 11 is 11.9. The lowest BCUT2D eigenvalue weighted by atomic mass is 10.2. The van der Waals surface area contributed by atoms with Gasteiger partial charge in [0.2, 0.25) is 0 Å². The topological polar surface area (TPSA) is 77.0 Å². The highest BCUT2D eigenvalue weighted by atomic mass is 35.5. The Labute approximate surface area is 195 Å². The zero-order valence-corrected chi connectivity index (χ0v) is 18.2. The molecule has 3 rings (SSSR count). The minimum absolute atomic E-state index is 0.238. The second-order valence-corrected chi connectivity index (χ2v) is 7.15. The summed E-state index contributed by atoms with van der Waals surface area (Å²) in [6.45, 7) is -0.275. The van der Waals surface area contributed by atoms with Gasteiger partial charge in [0.05, 0.1) is 11.2 Å². The Morgan fingerprint density at radius 2 is 1.66 bits per heavy atom. The highest BCUT2D eigenvalue weighted by Gasteiger charge is 2.07. The smallest absolute Gasteiger partial charge is 0.336 e. The van der Waals surface area contributed by atoms with Gasteiger partial charge in [0.25, 0.3) is 5.91 Å². The van der Waals surface area contributed by atoms with Gasteiger partial charge in [-0.25, -0.2) is 10.2 Å². The molecule has 3 aromatic carbocycles. The summed E-state index contributed by atoms with van der Waals surface area (Å²) in [5, 5.41) is 4.44. The van der Waals surface area contributed by atoms with E-state index in [1.165, 1.54) is 12.3 Å². The van der Waals surface area contributed by atoms with Gasteiger partial charge < -0.3 is 9.47 Å². The van der Waals surface area contributed by atoms with Crippen LogP contribution >= 0.6 is 23.2 Å². The van der Waals surface area contributed by atoms with E-state index in [9.17, 15) is 9.59 Å². The van der Waals surface area contributed by atoms with Crippen LogP contribution in [0.4, 0.5) is 0 Å². The van der Waals surface area contributed by atoms with Crippen molar-refractivity contribution in [2.24, 2.45) is 5.10 Å². The van der Waals surface area contributed by atoms with Crippen LogP contribution in [0.15, 0.2) is 84.0 Å². The van der Waals surface area contributed by atoms with Gasteiger partial charge in [-0.15, -0.1) is 0 Å². The summed E-state index contributed by atoms with van der Waals surface area (Å²) in [5.74, 6) is -0.252. The first-order valence-corrected chi connectivity index (χ1v) is 10.2. The molecule has 0 heterocycles. The van der Waals surface area contributed by atoms with Crippen molar-refractivity contribution in [1.82, 2.24) is 5.43 Å². The van der Waals surface area contributed by atoms with Gasteiger partial charge in [-0.2, -0.15) is 5.10 Å². The lowest BCUT2D eigenvalue weighted by Gasteiger charge is -2.07. The number of hydrogen-bond donors (Lipinski definition) is 1. The van der Waals surface area contributed by atoms with Crippen LogP contribution in [-0.2, 0) is 9.59 Å². The molecule has 0 radical (unpaired) electrons. The monoisotopic (exact) mass is 468 g/mol. The second-order valence-electron chi connectivity index (χ2n) is 6.37. The van der Waals surface area contributed by atoms with Crippen LogP contribution in [0.5, 0.6) is 11.5 Å². The molecule has 0 aromatic heterocycles. The van der Waals surface area contributed by atoms with Crippen molar-refractivity contribution in [2.75, 3.05) is 6.61 Å². The third kappa shape index (κ3) is 7.27. The van der Waals surface area contributed by atoms with E-state index in [1.807, 2.05) is 30.3 Å². The van der Waals surface area contributed by atoms with Crippen LogP contribution in [0.25, 0.3) is 6.08 Å². The molecule has 8 heteroatoms. The Morgan fingerprint density at radius 3 is 2.41 bits per heavy atom. The Balaban J connectivity index is 1.44. The maximum atomic E-state index is 11.9. The molecule has 0 atom stereocenters. The van der Waals surface area contributed by atoms with Crippen molar-refractivity contribution in [1.29, 1.82) is 0 Å². The zero-order chi connectivity index (χ0) is 22.8. The first kappa shape index (κ1) is 23.1. The Morgan fingerprint density at radius 1 is 0.906 bits per heavy atom. The number of nitrogens with one attached hydrogen (secondary N) is 1. The molecule has 162 valence electrons. The van der Waals surface area contributed by atoms with E-state index < -0.39 is 11.9 Å². The summed E-state index contributed by atoms with van der Waals surface area (Å²) in [7, 11) is 0. The largest absolute Gasteiger partial charge is 0.482 e. The first-order chi connectivity index (χ1) is 15.5. The van der Waals surface area contributed by atoms with E-state index in [0.29, 0.717) is 22.1 Å². The molecule has 0 bridgehead atoms. The fraction of sp³-hybridized carbons (Fsp3) is 0.0417. The molecule has 0 fully saturated rings. The number of carbonyl (C=O) groups excluding carboxylic acids is 2. The van der Waals surface area contributed by atoms with E-state index in [1.54, 1.807) is 48.5 Å². The molecule has 0 unspecified atom stereocenters. The summed E-state index contributed by atoms with van der Waals surface area (Å²) < 4.78 is 10.6. The maximum absolute atomic E-state index is 11.9. The van der Waals surface area contributed by atoms with Gasteiger partial charge >= 0.3 is 5.97 Å². The van der Waals surface area contributed by atoms with E-state index >= 15 is 0 Å². The number of rotatable bonds is 8. The van der Waals surface area contributed by atoms with Crippen LogP contribution in [0, 0.1) is 0 Å². The van der Waals surface area contributed by atoms with Crippen LogP contribution < -0.4 is 14.9 Å². The quantitative estimate of drug-likeness (QED) is 0.163. The summed E-state index contributed by atoms with van der Waals surface area (Å²) in [6.07, 6.45) is 4.49. The van der Waals surface area contributed by atoms with Crippen LogP contribution in [-0.4, -0.2) is 24.7 Å². The van der Waals surface area contributed by atoms with Gasteiger partial charge in [0.15, 0.2) is 6.61 Å². The van der Waals surface area contributed by atoms with Crippen molar-refractivity contribution in [3.63, 3.8) is 0 Å². The van der Waals surface area contributed by atoms with Crippen LogP contribution in [0.1, 0.15) is 11.1 Å². The number of halogens is 2. The fourth-order valence-corrected chi connectivity index (χ4v) is 2.80. The standard InChI is InChI=1S/C24H18Cl2N2O4/c25-20-7-4-8-21(24(20)26)31-16-22(29)28-27-15-18-9-12-19(13-10-18)32-23(30)14-11-17-5-2-1-3-6-17/h1-15H,16H2,(H,28,29)/b14-11+,27-15-. The van der Waals surface area contributed by atoms with E-state index in [-0.39, 0.29) is 11.6 Å². The first-order valence-electron chi connectivity index (χ1n) is 9.45. The SMILES string of the molecule is O=C(COc1cccc(Cl)c1Cl)N/N=C\c1ccc(OC(=O)/C=C/c2ccccc2)cc1. The van der Waals surface area contributed by atoms with E-state index in [0.717, 1.165) is 5.56 Å². The zero-order valence-electron chi connectivity index (χ0n) is 16.7. The summed E-state index contributed by atoms with van der Waals surface area (Å²) in [5.41, 5.74) is 3.95.